The lowest BCUT2D eigenvalue weighted by Crippen LogP contribution is -3.13. The zero-order chi connectivity index (χ0) is 18.3. The normalized spacial score (nSPS) is 21.7. The predicted octanol–water partition coefficient (Wildman–Crippen LogP) is 0.674. The summed E-state index contributed by atoms with van der Waals surface area (Å²) in [6.07, 6.45) is 1.54. The van der Waals surface area contributed by atoms with Crippen LogP contribution in [0, 0.1) is 12.8 Å². The Labute approximate surface area is 155 Å². The third-order valence-corrected chi connectivity index (χ3v) is 6.22. The monoisotopic (exact) mass is 372 g/mol. The highest BCUT2D eigenvalue weighted by Gasteiger charge is 2.36. The topological polar surface area (TPSA) is 98.0 Å². The van der Waals surface area contributed by atoms with Crippen LogP contribution in [-0.2, 0) is 4.79 Å². The molecule has 0 unspecified atom stereocenters. The lowest BCUT2D eigenvalue weighted by atomic mass is 9.93. The van der Waals surface area contributed by atoms with Gasteiger partial charge in [-0.3, -0.25) is 4.79 Å². The first-order valence-electron chi connectivity index (χ1n) is 8.78. The third-order valence-electron chi connectivity index (χ3n) is 5.14. The van der Waals surface area contributed by atoms with Crippen molar-refractivity contribution in [1.82, 2.24) is 14.6 Å². The number of thiazole rings is 1. The molecule has 1 aliphatic rings. The molecule has 1 saturated heterocycles. The fraction of sp³-hybridized carbons (Fsp3) is 0.389. The number of nitrogens with one attached hydrogen (secondary N) is 1. The van der Waals surface area contributed by atoms with Gasteiger partial charge < -0.3 is 15.7 Å². The summed E-state index contributed by atoms with van der Waals surface area (Å²) in [7, 11) is 0. The van der Waals surface area contributed by atoms with Crippen molar-refractivity contribution in [3.05, 3.63) is 46.6 Å². The highest BCUT2D eigenvalue weighted by Crippen LogP contribution is 2.35. The number of piperidine rings is 1. The minimum Gasteiger partial charge on any atom is -0.492 e. The van der Waals surface area contributed by atoms with Gasteiger partial charge in [0.2, 0.25) is 16.7 Å². The summed E-state index contributed by atoms with van der Waals surface area (Å²) in [4.78, 5) is 18.8. The minimum atomic E-state index is -0.211. The van der Waals surface area contributed by atoms with Crippen molar-refractivity contribution < 1.29 is 14.8 Å². The number of rotatable bonds is 4. The molecular weight excluding hydrogens is 350 g/mol. The molecule has 136 valence electrons. The van der Waals surface area contributed by atoms with E-state index in [1.54, 1.807) is 0 Å². The molecular formula is C18H22N5O2S+. The second-order valence-corrected chi connectivity index (χ2v) is 7.83. The quantitative estimate of drug-likeness (QED) is 0.627. The Balaban J connectivity index is 1.73. The van der Waals surface area contributed by atoms with E-state index < -0.39 is 0 Å². The van der Waals surface area contributed by atoms with Crippen molar-refractivity contribution in [2.45, 2.75) is 25.8 Å². The average molecular weight is 372 g/mol. The smallest absolute Gasteiger partial charge is 0.235 e. The molecule has 2 aromatic heterocycles. The molecule has 4 rings (SSSR count). The number of benzene rings is 1. The first kappa shape index (κ1) is 17.0. The summed E-state index contributed by atoms with van der Waals surface area (Å²) in [5.41, 5.74) is 6.62. The van der Waals surface area contributed by atoms with E-state index in [1.165, 1.54) is 20.8 Å². The molecule has 0 aliphatic carbocycles. The van der Waals surface area contributed by atoms with Crippen LogP contribution >= 0.6 is 11.3 Å². The molecule has 3 heterocycles. The van der Waals surface area contributed by atoms with Gasteiger partial charge in [0.15, 0.2) is 6.04 Å². The van der Waals surface area contributed by atoms with Gasteiger partial charge in [0.25, 0.3) is 0 Å². The van der Waals surface area contributed by atoms with E-state index in [2.05, 4.69) is 22.2 Å². The fourth-order valence-corrected chi connectivity index (χ4v) is 5.00. The Bertz CT molecular complexity index is 928. The van der Waals surface area contributed by atoms with Crippen LogP contribution in [0.1, 0.15) is 35.1 Å². The zero-order valence-corrected chi connectivity index (χ0v) is 15.4. The first-order valence-corrected chi connectivity index (χ1v) is 9.60. The molecule has 0 saturated carbocycles. The summed E-state index contributed by atoms with van der Waals surface area (Å²) in [6, 6.07) is 10.2. The molecule has 7 nitrogen and oxygen atoms in total. The molecule has 0 radical (unpaired) electrons. The van der Waals surface area contributed by atoms with Crippen molar-refractivity contribution in [2.24, 2.45) is 11.7 Å². The molecule has 1 aliphatic heterocycles. The number of likely N-dealkylation sites (tertiary alicyclic amines) is 1. The maximum Gasteiger partial charge on any atom is 0.235 e. The number of carbonyl (C=O) groups is 1. The van der Waals surface area contributed by atoms with Crippen molar-refractivity contribution in [2.75, 3.05) is 13.1 Å². The van der Waals surface area contributed by atoms with Crippen LogP contribution in [0.15, 0.2) is 30.3 Å². The number of aromatic nitrogens is 3. The number of quaternary nitrogens is 1. The SMILES string of the molecule is Cc1nc2sc([C@@H](c3ccccc3)[NH+]3CCC(C(N)=O)CC3)c(O)n2n1. The number of primary amides is 1. The number of nitrogens with zero attached hydrogens (tertiary/aromatic N) is 3. The van der Waals surface area contributed by atoms with Crippen LogP contribution in [0.5, 0.6) is 5.88 Å². The Kier molecular flexibility index (Phi) is 4.37. The van der Waals surface area contributed by atoms with Gasteiger partial charge in [0, 0.05) is 24.3 Å². The molecule has 1 atom stereocenters. The standard InChI is InChI=1S/C18H21N5O2S/c1-11-20-18-23(21-11)17(25)15(26-18)14(12-5-3-2-4-6-12)22-9-7-13(8-10-22)16(19)24/h2-6,13-14,25H,7-10H2,1H3,(H2,19,24)/p+1/t14-/m1/s1. The number of fused-ring (bicyclic) bond motifs is 1. The maximum absolute atomic E-state index is 11.5. The highest BCUT2D eigenvalue weighted by atomic mass is 32.1. The molecule has 1 amide bonds. The van der Waals surface area contributed by atoms with E-state index in [1.807, 2.05) is 25.1 Å². The molecule has 26 heavy (non-hydrogen) atoms. The molecule has 0 bridgehead atoms. The van der Waals surface area contributed by atoms with Crippen LogP contribution in [0.3, 0.4) is 0 Å². The van der Waals surface area contributed by atoms with Gasteiger partial charge >= 0.3 is 0 Å². The Morgan fingerprint density at radius 3 is 2.65 bits per heavy atom. The summed E-state index contributed by atoms with van der Waals surface area (Å²) >= 11 is 1.48. The minimum absolute atomic E-state index is 0.0150. The van der Waals surface area contributed by atoms with E-state index in [0.717, 1.165) is 36.4 Å². The van der Waals surface area contributed by atoms with Gasteiger partial charge in [-0.25, -0.2) is 4.98 Å². The van der Waals surface area contributed by atoms with Crippen LogP contribution < -0.4 is 10.6 Å². The van der Waals surface area contributed by atoms with Crippen molar-refractivity contribution in [1.29, 1.82) is 0 Å². The highest BCUT2D eigenvalue weighted by molar-refractivity contribution is 7.17. The van der Waals surface area contributed by atoms with Gasteiger partial charge in [-0.2, -0.15) is 4.52 Å². The number of aryl methyl sites for hydroxylation is 1. The van der Waals surface area contributed by atoms with Gasteiger partial charge in [-0.15, -0.1) is 5.10 Å². The van der Waals surface area contributed by atoms with Crippen molar-refractivity contribution in [3.8, 4) is 5.88 Å². The van der Waals surface area contributed by atoms with Gasteiger partial charge in [-0.05, 0) is 6.92 Å². The van der Waals surface area contributed by atoms with Gasteiger partial charge in [0.05, 0.1) is 13.1 Å². The molecule has 3 aromatic rings. The molecule has 8 heteroatoms. The Morgan fingerprint density at radius 2 is 2.04 bits per heavy atom. The third kappa shape index (κ3) is 2.95. The molecule has 0 spiro atoms. The molecule has 1 aromatic carbocycles. The number of carbonyl (C=O) groups excluding carboxylic acids is 1. The second-order valence-electron chi connectivity index (χ2n) is 6.82. The van der Waals surface area contributed by atoms with Crippen LogP contribution in [-0.4, -0.2) is 38.7 Å². The van der Waals surface area contributed by atoms with Crippen LogP contribution in [0.25, 0.3) is 4.96 Å². The number of hydrogen-bond acceptors (Lipinski definition) is 5. The van der Waals surface area contributed by atoms with Crippen LogP contribution in [0.2, 0.25) is 0 Å². The first-order chi connectivity index (χ1) is 12.5. The largest absolute Gasteiger partial charge is 0.492 e. The van der Waals surface area contributed by atoms with Crippen LogP contribution in [0.4, 0.5) is 0 Å². The number of aromatic hydroxyl groups is 1. The van der Waals surface area contributed by atoms with Crippen molar-refractivity contribution in [3.63, 3.8) is 0 Å². The second kappa shape index (κ2) is 6.69. The maximum atomic E-state index is 11.5. The number of hydrogen-bond donors (Lipinski definition) is 3. The van der Waals surface area contributed by atoms with E-state index >= 15 is 0 Å². The predicted molar refractivity (Wildman–Crippen MR) is 98.2 cm³/mol. The van der Waals surface area contributed by atoms with E-state index in [0.29, 0.717) is 10.8 Å². The zero-order valence-electron chi connectivity index (χ0n) is 14.6. The van der Waals surface area contributed by atoms with E-state index in [4.69, 9.17) is 5.73 Å². The molecule has 4 N–H and O–H groups in total. The average Bonchev–Trinajstić information content (AvgIpc) is 3.14. The summed E-state index contributed by atoms with van der Waals surface area (Å²) < 4.78 is 1.51. The summed E-state index contributed by atoms with van der Waals surface area (Å²) in [6.45, 7) is 3.48. The van der Waals surface area contributed by atoms with E-state index in [-0.39, 0.29) is 23.7 Å². The number of nitrogens with two attached hydrogens (primary N) is 1. The van der Waals surface area contributed by atoms with Crippen molar-refractivity contribution >= 4 is 22.2 Å². The summed E-state index contributed by atoms with van der Waals surface area (Å²) in [5.74, 6) is 0.541. The lowest BCUT2D eigenvalue weighted by molar-refractivity contribution is -0.930. The van der Waals surface area contributed by atoms with E-state index in [9.17, 15) is 9.90 Å². The number of amides is 1. The fourth-order valence-electron chi connectivity index (χ4n) is 3.82. The Morgan fingerprint density at radius 1 is 1.35 bits per heavy atom. The van der Waals surface area contributed by atoms with Gasteiger partial charge in [-0.1, -0.05) is 41.7 Å². The van der Waals surface area contributed by atoms with Gasteiger partial charge in [0.1, 0.15) is 10.7 Å². The lowest BCUT2D eigenvalue weighted by Gasteiger charge is -2.33. The summed E-state index contributed by atoms with van der Waals surface area (Å²) in [5, 5.41) is 15.1. The molecule has 1 fully saturated rings. The Hall–Kier alpha value is -2.45.